The standard InChI is InChI=1S/C15H20N4/c1-3-6-17-14(9-13-4-7-16-8-5-13)15-18-10-12(2)11-19-15/h4-5,7-8,10-11,14,17H,3,6,9H2,1-2H3. The van der Waals surface area contributed by atoms with Crippen molar-refractivity contribution in [2.75, 3.05) is 6.54 Å². The molecule has 4 nitrogen and oxygen atoms in total. The van der Waals surface area contributed by atoms with Gasteiger partial charge in [0.15, 0.2) is 0 Å². The fourth-order valence-corrected chi connectivity index (χ4v) is 1.91. The second-order valence-corrected chi connectivity index (χ2v) is 4.68. The van der Waals surface area contributed by atoms with Crippen LogP contribution in [0, 0.1) is 6.92 Å². The van der Waals surface area contributed by atoms with E-state index < -0.39 is 0 Å². The molecule has 2 aromatic heterocycles. The molecule has 0 aromatic carbocycles. The predicted molar refractivity (Wildman–Crippen MR) is 75.7 cm³/mol. The lowest BCUT2D eigenvalue weighted by Gasteiger charge is -2.17. The van der Waals surface area contributed by atoms with Crippen LogP contribution in [0.1, 0.15) is 36.3 Å². The van der Waals surface area contributed by atoms with Crippen LogP contribution in [0.25, 0.3) is 0 Å². The normalized spacial score (nSPS) is 12.3. The van der Waals surface area contributed by atoms with Crippen molar-refractivity contribution in [3.8, 4) is 0 Å². The Morgan fingerprint density at radius 3 is 2.47 bits per heavy atom. The molecule has 0 saturated carbocycles. The van der Waals surface area contributed by atoms with E-state index in [0.29, 0.717) is 0 Å². The lowest BCUT2D eigenvalue weighted by Crippen LogP contribution is -2.26. The Morgan fingerprint density at radius 2 is 1.84 bits per heavy atom. The van der Waals surface area contributed by atoms with Crippen LogP contribution in [0.5, 0.6) is 0 Å². The molecule has 0 aliphatic carbocycles. The number of pyridine rings is 1. The number of nitrogens with one attached hydrogen (secondary N) is 1. The van der Waals surface area contributed by atoms with E-state index in [9.17, 15) is 0 Å². The van der Waals surface area contributed by atoms with E-state index in [-0.39, 0.29) is 6.04 Å². The number of hydrogen-bond donors (Lipinski definition) is 1. The summed E-state index contributed by atoms with van der Waals surface area (Å²) in [7, 11) is 0. The molecule has 0 aliphatic rings. The molecule has 1 unspecified atom stereocenters. The third-order valence-corrected chi connectivity index (χ3v) is 2.94. The van der Waals surface area contributed by atoms with Crippen molar-refractivity contribution in [3.05, 3.63) is 53.9 Å². The molecule has 1 N–H and O–H groups in total. The molecule has 2 heterocycles. The first kappa shape index (κ1) is 13.6. The maximum atomic E-state index is 4.44. The molecule has 4 heteroatoms. The van der Waals surface area contributed by atoms with Crippen molar-refractivity contribution in [3.63, 3.8) is 0 Å². The van der Waals surface area contributed by atoms with Crippen molar-refractivity contribution in [2.45, 2.75) is 32.7 Å². The number of aryl methyl sites for hydroxylation is 1. The van der Waals surface area contributed by atoms with Gasteiger partial charge >= 0.3 is 0 Å². The zero-order valence-electron chi connectivity index (χ0n) is 11.5. The van der Waals surface area contributed by atoms with E-state index in [1.165, 1.54) is 5.56 Å². The van der Waals surface area contributed by atoms with E-state index in [1.807, 2.05) is 43.8 Å². The molecular weight excluding hydrogens is 236 g/mol. The van der Waals surface area contributed by atoms with Gasteiger partial charge in [0.1, 0.15) is 5.82 Å². The molecule has 0 aliphatic heterocycles. The lowest BCUT2D eigenvalue weighted by molar-refractivity contribution is 0.504. The fraction of sp³-hybridized carbons (Fsp3) is 0.400. The van der Waals surface area contributed by atoms with Crippen LogP contribution < -0.4 is 5.32 Å². The average molecular weight is 256 g/mol. The average Bonchev–Trinajstić information content (AvgIpc) is 2.45. The van der Waals surface area contributed by atoms with E-state index in [0.717, 1.165) is 30.8 Å². The summed E-state index contributed by atoms with van der Waals surface area (Å²) in [6.07, 6.45) is 9.36. The zero-order chi connectivity index (χ0) is 13.5. The number of nitrogens with zero attached hydrogens (tertiary/aromatic N) is 3. The van der Waals surface area contributed by atoms with Gasteiger partial charge in [0, 0.05) is 24.8 Å². The number of rotatable bonds is 6. The van der Waals surface area contributed by atoms with E-state index >= 15 is 0 Å². The van der Waals surface area contributed by atoms with Crippen LogP contribution in [-0.4, -0.2) is 21.5 Å². The van der Waals surface area contributed by atoms with Crippen molar-refractivity contribution in [1.82, 2.24) is 20.3 Å². The Balaban J connectivity index is 2.13. The minimum Gasteiger partial charge on any atom is -0.307 e. The summed E-state index contributed by atoms with van der Waals surface area (Å²) in [5.74, 6) is 0.857. The quantitative estimate of drug-likeness (QED) is 0.862. The maximum Gasteiger partial charge on any atom is 0.145 e. The second-order valence-electron chi connectivity index (χ2n) is 4.68. The lowest BCUT2D eigenvalue weighted by atomic mass is 10.1. The first-order valence-corrected chi connectivity index (χ1v) is 6.70. The molecule has 1 atom stereocenters. The summed E-state index contributed by atoms with van der Waals surface area (Å²) in [5, 5.41) is 3.51. The van der Waals surface area contributed by atoms with E-state index in [1.54, 1.807) is 0 Å². The van der Waals surface area contributed by atoms with E-state index in [2.05, 4.69) is 27.2 Å². The Morgan fingerprint density at radius 1 is 1.16 bits per heavy atom. The van der Waals surface area contributed by atoms with Crippen molar-refractivity contribution >= 4 is 0 Å². The van der Waals surface area contributed by atoms with Gasteiger partial charge in [-0.25, -0.2) is 9.97 Å². The van der Waals surface area contributed by atoms with Gasteiger partial charge in [-0.2, -0.15) is 0 Å². The van der Waals surface area contributed by atoms with Crippen LogP contribution >= 0.6 is 0 Å². The van der Waals surface area contributed by atoms with Gasteiger partial charge in [-0.15, -0.1) is 0 Å². The van der Waals surface area contributed by atoms with Crippen LogP contribution in [0.15, 0.2) is 36.9 Å². The highest BCUT2D eigenvalue weighted by Crippen LogP contribution is 2.14. The summed E-state index contributed by atoms with van der Waals surface area (Å²) in [6, 6.07) is 4.23. The summed E-state index contributed by atoms with van der Waals surface area (Å²) in [4.78, 5) is 12.9. The highest BCUT2D eigenvalue weighted by atomic mass is 15.0. The smallest absolute Gasteiger partial charge is 0.145 e. The largest absolute Gasteiger partial charge is 0.307 e. The van der Waals surface area contributed by atoms with Gasteiger partial charge in [0.2, 0.25) is 0 Å². The molecule has 2 aromatic rings. The maximum absolute atomic E-state index is 4.44. The highest BCUT2D eigenvalue weighted by molar-refractivity contribution is 5.14. The van der Waals surface area contributed by atoms with Gasteiger partial charge in [-0.05, 0) is 49.6 Å². The van der Waals surface area contributed by atoms with Crippen LogP contribution in [-0.2, 0) is 6.42 Å². The molecular formula is C15H20N4. The van der Waals surface area contributed by atoms with Crippen LogP contribution in [0.4, 0.5) is 0 Å². The van der Waals surface area contributed by atoms with Gasteiger partial charge < -0.3 is 5.32 Å². The van der Waals surface area contributed by atoms with Crippen LogP contribution in [0.3, 0.4) is 0 Å². The topological polar surface area (TPSA) is 50.7 Å². The SMILES string of the molecule is CCCNC(Cc1ccncc1)c1ncc(C)cn1. The zero-order valence-corrected chi connectivity index (χ0v) is 11.5. The second kappa shape index (κ2) is 6.95. The summed E-state index contributed by atoms with van der Waals surface area (Å²) in [6.45, 7) is 5.13. The Bertz CT molecular complexity index is 481. The number of aromatic nitrogens is 3. The van der Waals surface area contributed by atoms with Crippen molar-refractivity contribution < 1.29 is 0 Å². The number of hydrogen-bond acceptors (Lipinski definition) is 4. The third-order valence-electron chi connectivity index (χ3n) is 2.94. The monoisotopic (exact) mass is 256 g/mol. The Hall–Kier alpha value is -1.81. The fourth-order valence-electron chi connectivity index (χ4n) is 1.91. The molecule has 0 fully saturated rings. The molecule has 19 heavy (non-hydrogen) atoms. The molecule has 2 rings (SSSR count). The molecule has 0 saturated heterocycles. The summed E-state index contributed by atoms with van der Waals surface area (Å²) in [5.41, 5.74) is 2.33. The molecule has 0 bridgehead atoms. The van der Waals surface area contributed by atoms with Crippen molar-refractivity contribution in [2.24, 2.45) is 0 Å². The highest BCUT2D eigenvalue weighted by Gasteiger charge is 2.14. The Kier molecular flexibility index (Phi) is 4.98. The summed E-state index contributed by atoms with van der Waals surface area (Å²) < 4.78 is 0. The van der Waals surface area contributed by atoms with E-state index in [4.69, 9.17) is 0 Å². The van der Waals surface area contributed by atoms with Gasteiger partial charge in [-0.3, -0.25) is 4.98 Å². The minimum atomic E-state index is 0.156. The van der Waals surface area contributed by atoms with Gasteiger partial charge in [0.05, 0.1) is 6.04 Å². The Labute approximate surface area is 114 Å². The molecule has 0 radical (unpaired) electrons. The van der Waals surface area contributed by atoms with Gasteiger partial charge in [0.25, 0.3) is 0 Å². The third kappa shape index (κ3) is 4.10. The summed E-state index contributed by atoms with van der Waals surface area (Å²) >= 11 is 0. The molecule has 0 spiro atoms. The van der Waals surface area contributed by atoms with Crippen LogP contribution in [0.2, 0.25) is 0 Å². The molecule has 100 valence electrons. The first-order valence-electron chi connectivity index (χ1n) is 6.70. The first-order chi connectivity index (χ1) is 9.29. The minimum absolute atomic E-state index is 0.156. The van der Waals surface area contributed by atoms with Gasteiger partial charge in [-0.1, -0.05) is 6.92 Å². The predicted octanol–water partition coefficient (Wildman–Crippen LogP) is 2.46. The molecule has 0 amide bonds. The van der Waals surface area contributed by atoms with Crippen molar-refractivity contribution in [1.29, 1.82) is 0 Å².